The number of Topliss-reactive ketones (excluding diaryl/α,β-unsaturated/α-hetero) is 1. The van der Waals surface area contributed by atoms with Crippen molar-refractivity contribution in [2.45, 2.75) is 63.9 Å². The molecular weight excluding hydrogens is 492 g/mol. The second-order valence-corrected chi connectivity index (χ2v) is 9.55. The Morgan fingerprint density at radius 3 is 2.32 bits per heavy atom. The summed E-state index contributed by atoms with van der Waals surface area (Å²) in [7, 11) is 2.78. The van der Waals surface area contributed by atoms with Crippen molar-refractivity contribution in [1.82, 2.24) is 0 Å². The highest BCUT2D eigenvalue weighted by Crippen LogP contribution is 2.49. The molecule has 0 saturated heterocycles. The maximum atomic E-state index is 13.3. The van der Waals surface area contributed by atoms with Crippen LogP contribution in [0.4, 0.5) is 0 Å². The SMILES string of the molecule is COc1cc([C@H]2CC(=O)Oc3cc4c(c(O)c32)C(=O)O[C@H](C)CCCC(=O)CCCC=C4)cc(OC)c1O. The first kappa shape index (κ1) is 27.0. The van der Waals surface area contributed by atoms with E-state index >= 15 is 0 Å². The van der Waals surface area contributed by atoms with Gasteiger partial charge in [0.15, 0.2) is 11.5 Å². The van der Waals surface area contributed by atoms with Gasteiger partial charge in [0.05, 0.1) is 26.7 Å². The van der Waals surface area contributed by atoms with Gasteiger partial charge in [0.2, 0.25) is 5.75 Å². The van der Waals surface area contributed by atoms with E-state index in [9.17, 15) is 24.6 Å². The average Bonchev–Trinajstić information content (AvgIpc) is 2.87. The number of aromatic hydroxyl groups is 2. The van der Waals surface area contributed by atoms with Gasteiger partial charge in [-0.2, -0.15) is 0 Å². The Labute approximate surface area is 221 Å². The number of hydrogen-bond donors (Lipinski definition) is 2. The van der Waals surface area contributed by atoms with E-state index in [0.29, 0.717) is 49.7 Å². The summed E-state index contributed by atoms with van der Waals surface area (Å²) in [5.74, 6) is -1.92. The van der Waals surface area contributed by atoms with E-state index in [0.717, 1.165) is 0 Å². The Kier molecular flexibility index (Phi) is 8.24. The average molecular weight is 525 g/mol. The van der Waals surface area contributed by atoms with E-state index in [1.165, 1.54) is 14.2 Å². The summed E-state index contributed by atoms with van der Waals surface area (Å²) < 4.78 is 21.7. The van der Waals surface area contributed by atoms with Gasteiger partial charge in [0, 0.05) is 24.3 Å². The highest BCUT2D eigenvalue weighted by molar-refractivity contribution is 5.98. The monoisotopic (exact) mass is 524 g/mol. The number of esters is 2. The number of ether oxygens (including phenoxy) is 4. The molecule has 0 fully saturated rings. The van der Waals surface area contributed by atoms with E-state index < -0.39 is 24.0 Å². The lowest BCUT2D eigenvalue weighted by atomic mass is 9.83. The number of allylic oxidation sites excluding steroid dienone is 1. The van der Waals surface area contributed by atoms with Gasteiger partial charge in [-0.15, -0.1) is 0 Å². The van der Waals surface area contributed by atoms with Crippen molar-refractivity contribution in [3.05, 3.63) is 46.5 Å². The molecule has 2 aromatic rings. The number of phenolic OH excluding ortho intramolecular Hbond substituents is 2. The van der Waals surface area contributed by atoms with Crippen LogP contribution in [0.2, 0.25) is 0 Å². The summed E-state index contributed by atoms with van der Waals surface area (Å²) in [5.41, 5.74) is 1.09. The van der Waals surface area contributed by atoms with Crippen molar-refractivity contribution in [1.29, 1.82) is 0 Å². The van der Waals surface area contributed by atoms with Crippen LogP contribution in [0.1, 0.15) is 84.8 Å². The van der Waals surface area contributed by atoms with Crippen molar-refractivity contribution in [3.8, 4) is 28.7 Å². The molecule has 2 aromatic carbocycles. The number of hydrogen-bond acceptors (Lipinski definition) is 9. The topological polar surface area (TPSA) is 129 Å². The molecule has 9 heteroatoms. The molecule has 2 heterocycles. The van der Waals surface area contributed by atoms with Gasteiger partial charge in [0.25, 0.3) is 0 Å². The zero-order valence-corrected chi connectivity index (χ0v) is 21.7. The third kappa shape index (κ3) is 5.61. The molecule has 202 valence electrons. The molecule has 0 unspecified atom stereocenters. The largest absolute Gasteiger partial charge is 0.507 e. The van der Waals surface area contributed by atoms with Crippen LogP contribution in [0, 0.1) is 0 Å². The Bertz CT molecular complexity index is 1250. The molecule has 2 N–H and O–H groups in total. The van der Waals surface area contributed by atoms with Crippen molar-refractivity contribution >= 4 is 23.8 Å². The third-order valence-corrected chi connectivity index (χ3v) is 6.88. The highest BCUT2D eigenvalue weighted by atomic mass is 16.5. The minimum atomic E-state index is -0.715. The van der Waals surface area contributed by atoms with E-state index in [2.05, 4.69) is 0 Å². The Morgan fingerprint density at radius 1 is 0.947 bits per heavy atom. The molecule has 38 heavy (non-hydrogen) atoms. The number of fused-ring (bicyclic) bond motifs is 2. The lowest BCUT2D eigenvalue weighted by Gasteiger charge is -2.28. The zero-order chi connectivity index (χ0) is 27.4. The molecular formula is C29H32O9. The van der Waals surface area contributed by atoms with E-state index in [1.807, 2.05) is 6.08 Å². The highest BCUT2D eigenvalue weighted by Gasteiger charge is 2.36. The molecule has 9 nitrogen and oxygen atoms in total. The summed E-state index contributed by atoms with van der Waals surface area (Å²) in [6, 6.07) is 4.65. The van der Waals surface area contributed by atoms with Crippen LogP contribution in [0.25, 0.3) is 6.08 Å². The van der Waals surface area contributed by atoms with Gasteiger partial charge in [-0.25, -0.2) is 4.79 Å². The van der Waals surface area contributed by atoms with Crippen LogP contribution in [-0.2, 0) is 14.3 Å². The fourth-order valence-electron chi connectivity index (χ4n) is 4.92. The van der Waals surface area contributed by atoms with Crippen LogP contribution in [-0.4, -0.2) is 48.3 Å². The first-order valence-electron chi connectivity index (χ1n) is 12.7. The molecule has 2 atom stereocenters. The number of rotatable bonds is 3. The molecule has 0 spiro atoms. The maximum absolute atomic E-state index is 13.3. The second kappa shape index (κ2) is 11.6. The van der Waals surface area contributed by atoms with Crippen LogP contribution < -0.4 is 14.2 Å². The summed E-state index contributed by atoms with van der Waals surface area (Å²) >= 11 is 0. The van der Waals surface area contributed by atoms with Crippen LogP contribution >= 0.6 is 0 Å². The minimum absolute atomic E-state index is 0.0272. The van der Waals surface area contributed by atoms with Gasteiger partial charge >= 0.3 is 11.9 Å². The Morgan fingerprint density at radius 2 is 1.63 bits per heavy atom. The van der Waals surface area contributed by atoms with E-state index in [-0.39, 0.29) is 52.1 Å². The first-order chi connectivity index (χ1) is 18.2. The summed E-state index contributed by atoms with van der Waals surface area (Å²) in [6.45, 7) is 1.75. The fourth-order valence-corrected chi connectivity index (χ4v) is 4.92. The quantitative estimate of drug-likeness (QED) is 0.419. The predicted octanol–water partition coefficient (Wildman–Crippen LogP) is 5.04. The van der Waals surface area contributed by atoms with Crippen molar-refractivity contribution in [3.63, 3.8) is 0 Å². The summed E-state index contributed by atoms with van der Waals surface area (Å²) in [4.78, 5) is 38.0. The van der Waals surface area contributed by atoms with E-state index in [4.69, 9.17) is 18.9 Å². The smallest absolute Gasteiger partial charge is 0.342 e. The maximum Gasteiger partial charge on any atom is 0.342 e. The molecule has 2 aliphatic rings. The molecule has 0 aromatic heterocycles. The van der Waals surface area contributed by atoms with Crippen LogP contribution in [0.5, 0.6) is 28.7 Å². The minimum Gasteiger partial charge on any atom is -0.507 e. The summed E-state index contributed by atoms with van der Waals surface area (Å²) in [5, 5.41) is 21.9. The molecule has 0 bridgehead atoms. The van der Waals surface area contributed by atoms with Crippen molar-refractivity contribution in [2.75, 3.05) is 14.2 Å². The number of carbonyl (C=O) groups is 3. The summed E-state index contributed by atoms with van der Waals surface area (Å²) in [6.07, 6.45) is 6.20. The lowest BCUT2D eigenvalue weighted by Crippen LogP contribution is -2.23. The van der Waals surface area contributed by atoms with Gasteiger partial charge in [0.1, 0.15) is 22.8 Å². The lowest BCUT2D eigenvalue weighted by molar-refractivity contribution is -0.135. The van der Waals surface area contributed by atoms with Crippen molar-refractivity contribution in [2.24, 2.45) is 0 Å². The molecule has 0 aliphatic carbocycles. The fraction of sp³-hybridized carbons (Fsp3) is 0.414. The van der Waals surface area contributed by atoms with Crippen LogP contribution in [0.15, 0.2) is 24.3 Å². The Hall–Kier alpha value is -4.01. The van der Waals surface area contributed by atoms with Gasteiger partial charge in [-0.05, 0) is 61.9 Å². The molecule has 4 rings (SSSR count). The number of cyclic esters (lactones) is 1. The van der Waals surface area contributed by atoms with Gasteiger partial charge < -0.3 is 29.2 Å². The number of benzene rings is 2. The number of phenols is 2. The third-order valence-electron chi connectivity index (χ3n) is 6.88. The normalized spacial score (nSPS) is 20.4. The molecule has 0 amide bonds. The molecule has 0 radical (unpaired) electrons. The predicted molar refractivity (Wildman–Crippen MR) is 138 cm³/mol. The Balaban J connectivity index is 1.85. The number of carbonyl (C=O) groups excluding carboxylic acids is 3. The van der Waals surface area contributed by atoms with Gasteiger partial charge in [-0.1, -0.05) is 12.2 Å². The molecule has 0 saturated carbocycles. The first-order valence-corrected chi connectivity index (χ1v) is 12.7. The zero-order valence-electron chi connectivity index (χ0n) is 21.7. The molecule has 2 aliphatic heterocycles. The standard InChI is InChI=1S/C29H32O9/c1-16-8-7-11-19(30)10-6-4-5-9-17-12-21-26(28(33)25(17)29(34)37-16)20(15-24(31)38-21)18-13-22(35-2)27(32)23(14-18)36-3/h5,9,12-14,16,20,32-33H,4,6-8,10-11,15H2,1-3H3/t16-,20-/m1/s1. The van der Waals surface area contributed by atoms with Crippen molar-refractivity contribution < 1.29 is 43.5 Å². The number of methoxy groups -OCH3 is 2. The van der Waals surface area contributed by atoms with Crippen LogP contribution in [0.3, 0.4) is 0 Å². The second-order valence-electron chi connectivity index (χ2n) is 9.55. The number of ketones is 1. The van der Waals surface area contributed by atoms with E-state index in [1.54, 1.807) is 31.2 Å². The van der Waals surface area contributed by atoms with Gasteiger partial charge in [-0.3, -0.25) is 9.59 Å².